The SMILES string of the molecule is CC(CC1COCCN1)Nc1ccc(N(C)C)cc1. The quantitative estimate of drug-likeness (QED) is 0.851. The zero-order valence-corrected chi connectivity index (χ0v) is 12.1. The summed E-state index contributed by atoms with van der Waals surface area (Å²) in [6, 6.07) is 9.45. The zero-order valence-electron chi connectivity index (χ0n) is 12.1. The minimum Gasteiger partial charge on any atom is -0.383 e. The summed E-state index contributed by atoms with van der Waals surface area (Å²) < 4.78 is 5.48. The Morgan fingerprint density at radius 1 is 1.37 bits per heavy atom. The van der Waals surface area contributed by atoms with Gasteiger partial charge in [0.1, 0.15) is 0 Å². The Hall–Kier alpha value is -1.26. The van der Waals surface area contributed by atoms with Crippen LogP contribution in [0.15, 0.2) is 24.3 Å². The van der Waals surface area contributed by atoms with Crippen LogP contribution >= 0.6 is 0 Å². The van der Waals surface area contributed by atoms with Gasteiger partial charge in [-0.3, -0.25) is 0 Å². The van der Waals surface area contributed by atoms with Crippen molar-refractivity contribution < 1.29 is 4.74 Å². The van der Waals surface area contributed by atoms with E-state index in [0.717, 1.165) is 26.2 Å². The molecule has 2 unspecified atom stereocenters. The van der Waals surface area contributed by atoms with Crippen molar-refractivity contribution in [2.24, 2.45) is 0 Å². The van der Waals surface area contributed by atoms with Crippen LogP contribution < -0.4 is 15.5 Å². The van der Waals surface area contributed by atoms with Crippen LogP contribution in [0.4, 0.5) is 11.4 Å². The lowest BCUT2D eigenvalue weighted by Gasteiger charge is -2.27. The summed E-state index contributed by atoms with van der Waals surface area (Å²) in [7, 11) is 4.11. The van der Waals surface area contributed by atoms with Crippen LogP contribution in [0.3, 0.4) is 0 Å². The van der Waals surface area contributed by atoms with Gasteiger partial charge in [0.25, 0.3) is 0 Å². The smallest absolute Gasteiger partial charge is 0.0621 e. The van der Waals surface area contributed by atoms with Gasteiger partial charge < -0.3 is 20.3 Å². The highest BCUT2D eigenvalue weighted by molar-refractivity contribution is 5.54. The van der Waals surface area contributed by atoms with Gasteiger partial charge in [0.05, 0.1) is 13.2 Å². The summed E-state index contributed by atoms with van der Waals surface area (Å²) >= 11 is 0. The van der Waals surface area contributed by atoms with E-state index >= 15 is 0 Å². The molecule has 1 fully saturated rings. The number of nitrogens with one attached hydrogen (secondary N) is 2. The number of morpholine rings is 1. The van der Waals surface area contributed by atoms with Crippen molar-refractivity contribution in [1.29, 1.82) is 0 Å². The van der Waals surface area contributed by atoms with Gasteiger partial charge in [-0.1, -0.05) is 0 Å². The molecule has 1 heterocycles. The topological polar surface area (TPSA) is 36.5 Å². The first-order valence-corrected chi connectivity index (χ1v) is 7.00. The molecule has 0 spiro atoms. The maximum absolute atomic E-state index is 5.48. The van der Waals surface area contributed by atoms with Crippen molar-refractivity contribution in [1.82, 2.24) is 5.32 Å². The van der Waals surface area contributed by atoms with Gasteiger partial charge in [0.15, 0.2) is 0 Å². The monoisotopic (exact) mass is 263 g/mol. The Morgan fingerprint density at radius 3 is 2.68 bits per heavy atom. The van der Waals surface area contributed by atoms with Gasteiger partial charge >= 0.3 is 0 Å². The highest BCUT2D eigenvalue weighted by Gasteiger charge is 2.16. The molecule has 2 N–H and O–H groups in total. The minimum absolute atomic E-state index is 0.435. The Balaban J connectivity index is 1.82. The number of ether oxygens (including phenoxy) is 1. The van der Waals surface area contributed by atoms with E-state index in [9.17, 15) is 0 Å². The number of hydrogen-bond donors (Lipinski definition) is 2. The van der Waals surface area contributed by atoms with Crippen molar-refractivity contribution in [3.63, 3.8) is 0 Å². The molecule has 2 rings (SSSR count). The van der Waals surface area contributed by atoms with Crippen molar-refractivity contribution in [3.05, 3.63) is 24.3 Å². The average Bonchev–Trinajstić information content (AvgIpc) is 2.40. The van der Waals surface area contributed by atoms with Gasteiger partial charge in [0.2, 0.25) is 0 Å². The fourth-order valence-corrected chi connectivity index (χ4v) is 2.40. The maximum Gasteiger partial charge on any atom is 0.0621 e. The highest BCUT2D eigenvalue weighted by Crippen LogP contribution is 2.17. The Bertz CT molecular complexity index is 371. The molecule has 1 aliphatic heterocycles. The van der Waals surface area contributed by atoms with Crippen LogP contribution in [0.5, 0.6) is 0 Å². The molecule has 1 aromatic carbocycles. The summed E-state index contributed by atoms with van der Waals surface area (Å²) in [6.07, 6.45) is 1.08. The number of benzene rings is 1. The molecule has 0 amide bonds. The number of hydrogen-bond acceptors (Lipinski definition) is 4. The molecule has 0 saturated carbocycles. The van der Waals surface area contributed by atoms with Gasteiger partial charge in [0, 0.05) is 44.1 Å². The third kappa shape index (κ3) is 4.40. The molecule has 19 heavy (non-hydrogen) atoms. The molecule has 0 aromatic heterocycles. The van der Waals surface area contributed by atoms with E-state index < -0.39 is 0 Å². The molecule has 106 valence electrons. The molecule has 0 aliphatic carbocycles. The predicted octanol–water partition coefficient (Wildman–Crippen LogP) is 1.93. The largest absolute Gasteiger partial charge is 0.383 e. The van der Waals surface area contributed by atoms with Crippen molar-refractivity contribution >= 4 is 11.4 Å². The highest BCUT2D eigenvalue weighted by atomic mass is 16.5. The Kier molecular flexibility index (Phi) is 5.05. The summed E-state index contributed by atoms with van der Waals surface area (Å²) in [5.41, 5.74) is 2.40. The predicted molar refractivity (Wildman–Crippen MR) is 81.1 cm³/mol. The lowest BCUT2D eigenvalue weighted by molar-refractivity contribution is 0.0731. The standard InChI is InChI=1S/C15H25N3O/c1-12(10-14-11-19-9-8-16-14)17-13-4-6-15(7-5-13)18(2)3/h4-7,12,14,16-17H,8-11H2,1-3H3. The first-order chi connectivity index (χ1) is 9.15. The normalized spacial score (nSPS) is 20.9. The molecule has 1 saturated heterocycles. The first-order valence-electron chi connectivity index (χ1n) is 7.00. The second-order valence-corrected chi connectivity index (χ2v) is 5.45. The van der Waals surface area contributed by atoms with Crippen molar-refractivity contribution in [3.8, 4) is 0 Å². The summed E-state index contributed by atoms with van der Waals surface area (Å²) in [4.78, 5) is 2.11. The van der Waals surface area contributed by atoms with Gasteiger partial charge in [-0.05, 0) is 37.6 Å². The van der Waals surface area contributed by atoms with Crippen LogP contribution in [0.25, 0.3) is 0 Å². The lowest BCUT2D eigenvalue weighted by atomic mass is 10.1. The molecule has 0 bridgehead atoms. The van der Waals surface area contributed by atoms with E-state index in [1.165, 1.54) is 11.4 Å². The number of nitrogens with zero attached hydrogens (tertiary/aromatic N) is 1. The van der Waals surface area contributed by atoms with Crippen LogP contribution in [0.2, 0.25) is 0 Å². The van der Waals surface area contributed by atoms with Crippen LogP contribution in [0.1, 0.15) is 13.3 Å². The van der Waals surface area contributed by atoms with E-state index in [0.29, 0.717) is 12.1 Å². The van der Waals surface area contributed by atoms with E-state index in [2.05, 4.69) is 60.8 Å². The fourth-order valence-electron chi connectivity index (χ4n) is 2.40. The lowest BCUT2D eigenvalue weighted by Crippen LogP contribution is -2.43. The van der Waals surface area contributed by atoms with Crippen LogP contribution in [-0.4, -0.2) is 45.9 Å². The Labute approximate surface area is 116 Å². The number of anilines is 2. The van der Waals surface area contributed by atoms with Gasteiger partial charge in [-0.25, -0.2) is 0 Å². The molecule has 1 aromatic rings. The second kappa shape index (κ2) is 6.78. The fraction of sp³-hybridized carbons (Fsp3) is 0.600. The van der Waals surface area contributed by atoms with Crippen LogP contribution in [-0.2, 0) is 4.74 Å². The maximum atomic E-state index is 5.48. The second-order valence-electron chi connectivity index (χ2n) is 5.45. The Morgan fingerprint density at radius 2 is 2.11 bits per heavy atom. The molecule has 4 heteroatoms. The van der Waals surface area contributed by atoms with E-state index in [1.807, 2.05) is 0 Å². The third-order valence-electron chi connectivity index (χ3n) is 3.43. The molecule has 2 atom stereocenters. The molecular weight excluding hydrogens is 238 g/mol. The molecule has 4 nitrogen and oxygen atoms in total. The van der Waals surface area contributed by atoms with Gasteiger partial charge in [-0.15, -0.1) is 0 Å². The molecule has 1 aliphatic rings. The van der Waals surface area contributed by atoms with E-state index in [-0.39, 0.29) is 0 Å². The number of rotatable bonds is 5. The van der Waals surface area contributed by atoms with E-state index in [1.54, 1.807) is 0 Å². The third-order valence-corrected chi connectivity index (χ3v) is 3.43. The minimum atomic E-state index is 0.435. The summed E-state index contributed by atoms with van der Waals surface area (Å²) in [5.74, 6) is 0. The molecular formula is C15H25N3O. The van der Waals surface area contributed by atoms with Gasteiger partial charge in [-0.2, -0.15) is 0 Å². The summed E-state index contributed by atoms with van der Waals surface area (Å²) in [6.45, 7) is 4.85. The first kappa shape index (κ1) is 14.2. The van der Waals surface area contributed by atoms with E-state index in [4.69, 9.17) is 4.74 Å². The van der Waals surface area contributed by atoms with Crippen LogP contribution in [0, 0.1) is 0 Å². The molecule has 0 radical (unpaired) electrons. The van der Waals surface area contributed by atoms with Crippen molar-refractivity contribution in [2.75, 3.05) is 44.1 Å². The average molecular weight is 263 g/mol. The zero-order chi connectivity index (χ0) is 13.7. The van der Waals surface area contributed by atoms with Crippen molar-refractivity contribution in [2.45, 2.75) is 25.4 Å². The summed E-state index contributed by atoms with van der Waals surface area (Å²) in [5, 5.41) is 7.03.